The van der Waals surface area contributed by atoms with Gasteiger partial charge >= 0.3 is 0 Å². The summed E-state index contributed by atoms with van der Waals surface area (Å²) in [6.45, 7) is 2.11. The van der Waals surface area contributed by atoms with E-state index in [-0.39, 0.29) is 0 Å². The van der Waals surface area contributed by atoms with Crippen molar-refractivity contribution in [1.29, 1.82) is 0 Å². The van der Waals surface area contributed by atoms with Crippen LogP contribution in [0.15, 0.2) is 152 Å². The van der Waals surface area contributed by atoms with E-state index in [9.17, 15) is 0 Å². The Labute approximate surface area is 251 Å². The lowest BCUT2D eigenvalue weighted by Gasteiger charge is -2.13. The van der Waals surface area contributed by atoms with E-state index in [0.717, 1.165) is 50.1 Å². The lowest BCUT2D eigenvalue weighted by Crippen LogP contribution is -2.00. The second-order valence-electron chi connectivity index (χ2n) is 10.5. The fourth-order valence-electron chi connectivity index (χ4n) is 5.19. The summed E-state index contributed by atoms with van der Waals surface area (Å²) in [7, 11) is 0. The van der Waals surface area contributed by atoms with Gasteiger partial charge in [0.05, 0.1) is 0 Å². The van der Waals surface area contributed by atoms with E-state index in [1.807, 2.05) is 72.9 Å². The van der Waals surface area contributed by atoms with Gasteiger partial charge in [0.1, 0.15) is 0 Å². The van der Waals surface area contributed by atoms with E-state index >= 15 is 0 Å². The molecule has 0 N–H and O–H groups in total. The maximum absolute atomic E-state index is 5.02. The number of benzene rings is 5. The first kappa shape index (κ1) is 26.2. The van der Waals surface area contributed by atoms with Crippen LogP contribution in [0.25, 0.3) is 67.5 Å². The summed E-state index contributed by atoms with van der Waals surface area (Å²) in [4.78, 5) is 19.2. The standard InChI is InChI=1S/C39H28N4/c1-27-17-19-28(20-18-27)34-23-35(32-15-8-14-31(22-32)33-16-9-21-40-26-33)25-36(24-34)39-42-37(29-10-4-2-5-11-29)41-38(43-39)30-12-6-3-7-13-30/h2-26H,1H3. The lowest BCUT2D eigenvalue weighted by atomic mass is 9.94. The van der Waals surface area contributed by atoms with Crippen molar-refractivity contribution < 1.29 is 0 Å². The molecule has 4 nitrogen and oxygen atoms in total. The first-order chi connectivity index (χ1) is 21.2. The maximum atomic E-state index is 5.02. The van der Waals surface area contributed by atoms with Gasteiger partial charge in [-0.25, -0.2) is 15.0 Å². The molecule has 5 aromatic carbocycles. The Balaban J connectivity index is 1.43. The van der Waals surface area contributed by atoms with Gasteiger partial charge in [0.2, 0.25) is 0 Å². The van der Waals surface area contributed by atoms with Crippen LogP contribution in [0.3, 0.4) is 0 Å². The fraction of sp³-hybridized carbons (Fsp3) is 0.0256. The van der Waals surface area contributed by atoms with Gasteiger partial charge in [0, 0.05) is 34.6 Å². The summed E-state index contributed by atoms with van der Waals surface area (Å²) in [6.07, 6.45) is 3.70. The van der Waals surface area contributed by atoms with Gasteiger partial charge in [-0.2, -0.15) is 0 Å². The number of hydrogen-bond donors (Lipinski definition) is 0. The first-order valence-electron chi connectivity index (χ1n) is 14.3. The third-order valence-corrected chi connectivity index (χ3v) is 7.47. The van der Waals surface area contributed by atoms with Crippen molar-refractivity contribution in [1.82, 2.24) is 19.9 Å². The second-order valence-corrected chi connectivity index (χ2v) is 10.5. The van der Waals surface area contributed by atoms with Crippen molar-refractivity contribution in [2.24, 2.45) is 0 Å². The molecule has 4 heteroatoms. The monoisotopic (exact) mass is 552 g/mol. The molecule has 0 saturated carbocycles. The van der Waals surface area contributed by atoms with E-state index in [0.29, 0.717) is 17.5 Å². The van der Waals surface area contributed by atoms with E-state index in [1.165, 1.54) is 5.56 Å². The number of pyridine rings is 1. The molecule has 0 aliphatic carbocycles. The molecule has 43 heavy (non-hydrogen) atoms. The summed E-state index contributed by atoms with van der Waals surface area (Å²) in [5.41, 5.74) is 10.7. The molecule has 0 aliphatic rings. The minimum atomic E-state index is 0.631. The van der Waals surface area contributed by atoms with Crippen LogP contribution in [0.5, 0.6) is 0 Å². The highest BCUT2D eigenvalue weighted by Gasteiger charge is 2.15. The Morgan fingerprint density at radius 2 is 0.814 bits per heavy atom. The van der Waals surface area contributed by atoms with Gasteiger partial charge in [-0.05, 0) is 65.1 Å². The normalized spacial score (nSPS) is 10.9. The minimum Gasteiger partial charge on any atom is -0.264 e. The topological polar surface area (TPSA) is 51.6 Å². The predicted molar refractivity (Wildman–Crippen MR) is 175 cm³/mol. The van der Waals surface area contributed by atoms with E-state index in [4.69, 9.17) is 15.0 Å². The third kappa shape index (κ3) is 5.72. The number of aryl methyl sites for hydroxylation is 1. The van der Waals surface area contributed by atoms with Gasteiger partial charge in [-0.1, -0.05) is 115 Å². The van der Waals surface area contributed by atoms with Crippen molar-refractivity contribution in [2.75, 3.05) is 0 Å². The average Bonchev–Trinajstić information content (AvgIpc) is 3.09. The van der Waals surface area contributed by atoms with Crippen molar-refractivity contribution >= 4 is 0 Å². The molecule has 7 aromatic rings. The van der Waals surface area contributed by atoms with Gasteiger partial charge in [-0.3, -0.25) is 4.98 Å². The highest BCUT2D eigenvalue weighted by molar-refractivity contribution is 5.82. The molecular formula is C39H28N4. The smallest absolute Gasteiger partial charge is 0.164 e. The SMILES string of the molecule is Cc1ccc(-c2cc(-c3cccc(-c4cccnc4)c3)cc(-c3nc(-c4ccccc4)nc(-c4ccccc4)n3)c2)cc1. The minimum absolute atomic E-state index is 0.631. The zero-order chi connectivity index (χ0) is 29.0. The third-order valence-electron chi connectivity index (χ3n) is 7.47. The molecule has 0 spiro atoms. The van der Waals surface area contributed by atoms with Crippen molar-refractivity contribution in [2.45, 2.75) is 6.92 Å². The summed E-state index contributed by atoms with van der Waals surface area (Å²) in [5.74, 6) is 1.92. The Bertz CT molecular complexity index is 1950. The maximum Gasteiger partial charge on any atom is 0.164 e. The molecule has 0 bridgehead atoms. The fourth-order valence-corrected chi connectivity index (χ4v) is 5.19. The van der Waals surface area contributed by atoms with Gasteiger partial charge in [-0.15, -0.1) is 0 Å². The molecule has 0 atom stereocenters. The Morgan fingerprint density at radius 3 is 1.40 bits per heavy atom. The molecule has 0 amide bonds. The van der Waals surface area contributed by atoms with E-state index < -0.39 is 0 Å². The van der Waals surface area contributed by atoms with E-state index in [1.54, 1.807) is 6.20 Å². The Morgan fingerprint density at radius 1 is 0.349 bits per heavy atom. The second kappa shape index (κ2) is 11.6. The van der Waals surface area contributed by atoms with Crippen LogP contribution in [-0.2, 0) is 0 Å². The van der Waals surface area contributed by atoms with Crippen LogP contribution >= 0.6 is 0 Å². The van der Waals surface area contributed by atoms with Gasteiger partial charge in [0.25, 0.3) is 0 Å². The molecule has 204 valence electrons. The highest BCUT2D eigenvalue weighted by Crippen LogP contribution is 2.34. The van der Waals surface area contributed by atoms with Crippen molar-refractivity contribution in [3.63, 3.8) is 0 Å². The number of nitrogens with zero attached hydrogens (tertiary/aromatic N) is 4. The molecule has 2 aromatic heterocycles. The first-order valence-corrected chi connectivity index (χ1v) is 14.3. The summed E-state index contributed by atoms with van der Waals surface area (Å²) in [6, 6.07) is 48.0. The Hall–Kier alpha value is -5.74. The molecule has 0 fully saturated rings. The highest BCUT2D eigenvalue weighted by atomic mass is 15.0. The van der Waals surface area contributed by atoms with Crippen LogP contribution in [0, 0.1) is 6.92 Å². The average molecular weight is 553 g/mol. The van der Waals surface area contributed by atoms with Crippen LogP contribution < -0.4 is 0 Å². The molecule has 2 heterocycles. The van der Waals surface area contributed by atoms with Crippen LogP contribution in [0.1, 0.15) is 5.56 Å². The predicted octanol–water partition coefficient (Wildman–Crippen LogP) is 9.58. The number of hydrogen-bond acceptors (Lipinski definition) is 4. The molecule has 0 unspecified atom stereocenters. The Kier molecular flexibility index (Phi) is 7.08. The summed E-state index contributed by atoms with van der Waals surface area (Å²) in [5, 5.41) is 0. The van der Waals surface area contributed by atoms with Crippen LogP contribution in [0.2, 0.25) is 0 Å². The zero-order valence-corrected chi connectivity index (χ0v) is 23.7. The van der Waals surface area contributed by atoms with Gasteiger partial charge in [0.15, 0.2) is 17.5 Å². The summed E-state index contributed by atoms with van der Waals surface area (Å²) < 4.78 is 0. The molecular weight excluding hydrogens is 524 g/mol. The zero-order valence-electron chi connectivity index (χ0n) is 23.7. The number of aromatic nitrogens is 4. The lowest BCUT2D eigenvalue weighted by molar-refractivity contribution is 1.07. The van der Waals surface area contributed by atoms with Crippen molar-refractivity contribution in [3.8, 4) is 67.5 Å². The largest absolute Gasteiger partial charge is 0.264 e. The van der Waals surface area contributed by atoms with E-state index in [2.05, 4.69) is 84.7 Å². The molecule has 7 rings (SSSR count). The van der Waals surface area contributed by atoms with Crippen molar-refractivity contribution in [3.05, 3.63) is 157 Å². The molecule has 0 radical (unpaired) electrons. The number of rotatable bonds is 6. The quantitative estimate of drug-likeness (QED) is 0.206. The molecule has 0 aliphatic heterocycles. The van der Waals surface area contributed by atoms with Crippen LogP contribution in [-0.4, -0.2) is 19.9 Å². The van der Waals surface area contributed by atoms with Gasteiger partial charge < -0.3 is 0 Å². The van der Waals surface area contributed by atoms with Crippen LogP contribution in [0.4, 0.5) is 0 Å². The molecule has 0 saturated heterocycles. The summed E-state index contributed by atoms with van der Waals surface area (Å²) >= 11 is 0.